The minimum Gasteiger partial charge on any atom is -0.480 e. The van der Waals surface area contributed by atoms with Crippen molar-refractivity contribution in [3.8, 4) is 0 Å². The summed E-state index contributed by atoms with van der Waals surface area (Å²) in [4.78, 5) is 35.9. The van der Waals surface area contributed by atoms with Gasteiger partial charge in [-0.2, -0.15) is 5.10 Å². The average molecular weight is 355 g/mol. The Kier molecular flexibility index (Phi) is 5.46. The van der Waals surface area contributed by atoms with E-state index in [0.717, 1.165) is 47.2 Å². The molecule has 0 fully saturated rings. The molecule has 26 heavy (non-hydrogen) atoms. The van der Waals surface area contributed by atoms with E-state index in [1.54, 1.807) is 12.1 Å². The molecule has 3 rings (SSSR count). The lowest BCUT2D eigenvalue weighted by Crippen LogP contribution is -2.45. The molecule has 0 saturated heterocycles. The van der Waals surface area contributed by atoms with Crippen LogP contribution < -0.4 is 10.9 Å². The Labute approximate surface area is 150 Å². The van der Waals surface area contributed by atoms with E-state index in [1.165, 1.54) is 6.07 Å². The highest BCUT2D eigenvalue weighted by atomic mass is 16.4. The van der Waals surface area contributed by atoms with Crippen LogP contribution in [0, 0.1) is 0 Å². The molecular formula is C19H21N3O4. The molecule has 7 nitrogen and oxygen atoms in total. The van der Waals surface area contributed by atoms with Crippen LogP contribution in [0.2, 0.25) is 0 Å². The van der Waals surface area contributed by atoms with Gasteiger partial charge in [-0.05, 0) is 36.8 Å². The number of carbonyl (C=O) groups is 2. The number of carboxylic acids is 1. The van der Waals surface area contributed by atoms with Crippen molar-refractivity contribution in [3.05, 3.63) is 63.6 Å². The van der Waals surface area contributed by atoms with Gasteiger partial charge in [0.15, 0.2) is 0 Å². The fourth-order valence-electron chi connectivity index (χ4n) is 3.14. The van der Waals surface area contributed by atoms with Gasteiger partial charge in [-0.1, -0.05) is 30.3 Å². The molecule has 0 unspecified atom stereocenters. The SMILES string of the molecule is O=C(Cn1nc2c(cc1=O)CCCC2)N[C@@H](Cc1ccccc1)C(=O)O. The van der Waals surface area contributed by atoms with E-state index in [9.17, 15) is 19.5 Å². The van der Waals surface area contributed by atoms with Gasteiger partial charge in [-0.25, -0.2) is 9.48 Å². The molecule has 0 aliphatic heterocycles. The van der Waals surface area contributed by atoms with Crippen LogP contribution in [0.3, 0.4) is 0 Å². The molecule has 2 aromatic rings. The molecule has 0 saturated carbocycles. The number of nitrogens with one attached hydrogen (secondary N) is 1. The van der Waals surface area contributed by atoms with Crippen LogP contribution in [0.15, 0.2) is 41.2 Å². The van der Waals surface area contributed by atoms with Crippen molar-refractivity contribution < 1.29 is 14.7 Å². The molecular weight excluding hydrogens is 334 g/mol. The number of carbonyl (C=O) groups excluding carboxylic acids is 1. The smallest absolute Gasteiger partial charge is 0.326 e. The zero-order chi connectivity index (χ0) is 18.5. The summed E-state index contributed by atoms with van der Waals surface area (Å²) in [5, 5.41) is 16.1. The second-order valence-corrected chi connectivity index (χ2v) is 6.47. The van der Waals surface area contributed by atoms with Crippen LogP contribution in [0.1, 0.15) is 29.7 Å². The van der Waals surface area contributed by atoms with Gasteiger partial charge in [0.25, 0.3) is 5.56 Å². The van der Waals surface area contributed by atoms with Gasteiger partial charge in [0.1, 0.15) is 12.6 Å². The van der Waals surface area contributed by atoms with E-state index >= 15 is 0 Å². The minimum atomic E-state index is -1.12. The Bertz CT molecular complexity index is 861. The lowest BCUT2D eigenvalue weighted by atomic mass is 9.97. The monoisotopic (exact) mass is 355 g/mol. The van der Waals surface area contributed by atoms with Crippen LogP contribution in [0.5, 0.6) is 0 Å². The third-order valence-electron chi connectivity index (χ3n) is 4.48. The zero-order valence-corrected chi connectivity index (χ0v) is 14.4. The topological polar surface area (TPSA) is 101 Å². The summed E-state index contributed by atoms with van der Waals surface area (Å²) in [7, 11) is 0. The number of hydrogen-bond acceptors (Lipinski definition) is 4. The van der Waals surface area contributed by atoms with Gasteiger partial charge in [-0.3, -0.25) is 9.59 Å². The number of fused-ring (bicyclic) bond motifs is 1. The van der Waals surface area contributed by atoms with E-state index < -0.39 is 17.9 Å². The number of carboxylic acid groups (broad SMARTS) is 1. The quantitative estimate of drug-likeness (QED) is 0.803. The Morgan fingerprint density at radius 2 is 1.92 bits per heavy atom. The van der Waals surface area contributed by atoms with Crippen molar-refractivity contribution in [2.75, 3.05) is 0 Å². The fourth-order valence-corrected chi connectivity index (χ4v) is 3.14. The van der Waals surface area contributed by atoms with Crippen molar-refractivity contribution in [2.45, 2.75) is 44.7 Å². The summed E-state index contributed by atoms with van der Waals surface area (Å²) in [5.41, 5.74) is 2.27. The van der Waals surface area contributed by atoms with Crippen molar-refractivity contribution in [3.63, 3.8) is 0 Å². The highest BCUT2D eigenvalue weighted by Crippen LogP contribution is 2.16. The average Bonchev–Trinajstić information content (AvgIpc) is 2.62. The molecule has 136 valence electrons. The first-order chi connectivity index (χ1) is 12.5. The number of rotatable bonds is 6. The van der Waals surface area contributed by atoms with E-state index in [1.807, 2.05) is 18.2 Å². The Balaban J connectivity index is 1.69. The molecule has 0 spiro atoms. The molecule has 1 aliphatic carbocycles. The predicted octanol–water partition coefficient (Wildman–Crippen LogP) is 0.934. The van der Waals surface area contributed by atoms with Gasteiger partial charge in [-0.15, -0.1) is 0 Å². The van der Waals surface area contributed by atoms with E-state index in [0.29, 0.717) is 0 Å². The Hall–Kier alpha value is -2.96. The number of benzene rings is 1. The second-order valence-electron chi connectivity index (χ2n) is 6.47. The lowest BCUT2D eigenvalue weighted by molar-refractivity contribution is -0.141. The van der Waals surface area contributed by atoms with E-state index in [4.69, 9.17) is 0 Å². The van der Waals surface area contributed by atoms with E-state index in [2.05, 4.69) is 10.4 Å². The standard InChI is InChI=1S/C19H21N3O4/c23-17(20-16(19(25)26)10-13-6-2-1-3-7-13)12-22-18(24)11-14-8-4-5-9-15(14)21-22/h1-3,6-7,11,16H,4-5,8-10,12H2,(H,20,23)(H,25,26)/t16-/m0/s1. The first-order valence-electron chi connectivity index (χ1n) is 8.69. The van der Waals surface area contributed by atoms with Gasteiger partial charge in [0.2, 0.25) is 5.91 Å². The van der Waals surface area contributed by atoms with Gasteiger partial charge in [0, 0.05) is 12.5 Å². The summed E-state index contributed by atoms with van der Waals surface area (Å²) in [5.74, 6) is -1.66. The van der Waals surface area contributed by atoms with Gasteiger partial charge >= 0.3 is 5.97 Å². The largest absolute Gasteiger partial charge is 0.480 e. The Morgan fingerprint density at radius 1 is 1.19 bits per heavy atom. The van der Waals surface area contributed by atoms with Crippen molar-refractivity contribution in [1.29, 1.82) is 0 Å². The van der Waals surface area contributed by atoms with Crippen LogP contribution in [0.25, 0.3) is 0 Å². The maximum atomic E-state index is 12.3. The first-order valence-corrected chi connectivity index (χ1v) is 8.69. The number of nitrogens with zero attached hydrogens (tertiary/aromatic N) is 2. The molecule has 7 heteroatoms. The fraction of sp³-hybridized carbons (Fsp3) is 0.368. The molecule has 1 heterocycles. The predicted molar refractivity (Wildman–Crippen MR) is 94.9 cm³/mol. The highest BCUT2D eigenvalue weighted by Gasteiger charge is 2.21. The number of hydrogen-bond donors (Lipinski definition) is 2. The van der Waals surface area contributed by atoms with Crippen LogP contribution >= 0.6 is 0 Å². The molecule has 1 atom stereocenters. The molecule has 1 aliphatic rings. The molecule has 1 amide bonds. The van der Waals surface area contributed by atoms with Gasteiger partial charge in [0.05, 0.1) is 5.69 Å². The molecule has 2 N–H and O–H groups in total. The number of aryl methyl sites for hydroxylation is 2. The summed E-state index contributed by atoms with van der Waals surface area (Å²) >= 11 is 0. The molecule has 1 aromatic carbocycles. The molecule has 0 radical (unpaired) electrons. The Morgan fingerprint density at radius 3 is 2.65 bits per heavy atom. The number of amides is 1. The molecule has 0 bridgehead atoms. The van der Waals surface area contributed by atoms with Crippen LogP contribution in [0.4, 0.5) is 0 Å². The summed E-state index contributed by atoms with van der Waals surface area (Å²) < 4.78 is 1.11. The van der Waals surface area contributed by atoms with E-state index in [-0.39, 0.29) is 18.5 Å². The maximum Gasteiger partial charge on any atom is 0.326 e. The summed E-state index contributed by atoms with van der Waals surface area (Å²) in [6, 6.07) is 9.55. The first kappa shape index (κ1) is 17.8. The molecule has 1 aromatic heterocycles. The minimum absolute atomic E-state index is 0.175. The van der Waals surface area contributed by atoms with Crippen molar-refractivity contribution >= 4 is 11.9 Å². The van der Waals surface area contributed by atoms with Gasteiger partial charge < -0.3 is 10.4 Å². The lowest BCUT2D eigenvalue weighted by Gasteiger charge is -2.17. The summed E-state index contributed by atoms with van der Waals surface area (Å²) in [6.45, 7) is -0.287. The number of aliphatic carboxylic acids is 1. The maximum absolute atomic E-state index is 12.3. The second kappa shape index (κ2) is 7.95. The third-order valence-corrected chi connectivity index (χ3v) is 4.48. The van der Waals surface area contributed by atoms with Crippen molar-refractivity contribution in [1.82, 2.24) is 15.1 Å². The highest BCUT2D eigenvalue weighted by molar-refractivity contribution is 5.83. The van der Waals surface area contributed by atoms with Crippen molar-refractivity contribution in [2.24, 2.45) is 0 Å². The normalized spacial score (nSPS) is 14.3. The summed E-state index contributed by atoms with van der Waals surface area (Å²) in [6.07, 6.45) is 3.86. The van der Waals surface area contributed by atoms with Crippen LogP contribution in [-0.4, -0.2) is 32.8 Å². The number of aromatic nitrogens is 2. The zero-order valence-electron chi connectivity index (χ0n) is 14.4. The third kappa shape index (κ3) is 4.36. The van der Waals surface area contributed by atoms with Crippen LogP contribution in [-0.2, 0) is 35.4 Å².